The molecule has 1 fully saturated rings. The molecule has 1 aromatic carbocycles. The monoisotopic (exact) mass is 321 g/mol. The minimum Gasteiger partial charge on any atom is -0.494 e. The number of rotatable bonds is 8. The predicted octanol–water partition coefficient (Wildman–Crippen LogP) is 1.09. The molecule has 0 unspecified atom stereocenters. The molecule has 0 saturated carbocycles. The van der Waals surface area contributed by atoms with Crippen LogP contribution in [0, 0.1) is 0 Å². The fourth-order valence-electron chi connectivity index (χ4n) is 2.38. The van der Waals surface area contributed by atoms with Crippen LogP contribution in [0.2, 0.25) is 0 Å². The van der Waals surface area contributed by atoms with Gasteiger partial charge in [-0.2, -0.15) is 0 Å². The van der Waals surface area contributed by atoms with E-state index in [9.17, 15) is 9.59 Å². The Bertz CT molecular complexity index is 533. The minimum absolute atomic E-state index is 0.0656. The molecule has 7 nitrogen and oxygen atoms in total. The zero-order valence-corrected chi connectivity index (χ0v) is 13.6. The zero-order chi connectivity index (χ0) is 16.7. The van der Waals surface area contributed by atoms with Gasteiger partial charge >= 0.3 is 6.03 Å². The van der Waals surface area contributed by atoms with E-state index < -0.39 is 0 Å². The molecule has 1 aromatic rings. The van der Waals surface area contributed by atoms with E-state index in [1.54, 1.807) is 16.9 Å². The van der Waals surface area contributed by atoms with Gasteiger partial charge in [0.1, 0.15) is 12.3 Å². The van der Waals surface area contributed by atoms with Crippen LogP contribution < -0.4 is 15.0 Å². The number of carbonyl (C=O) groups is 2. The Morgan fingerprint density at radius 1 is 1.26 bits per heavy atom. The molecule has 2 rings (SSSR count). The van der Waals surface area contributed by atoms with E-state index in [0.29, 0.717) is 32.8 Å². The highest BCUT2D eigenvalue weighted by atomic mass is 16.5. The van der Waals surface area contributed by atoms with E-state index in [2.05, 4.69) is 5.32 Å². The SMILES string of the molecule is CCOc1ccc(N2CCN(CC(=O)NCCOC)C2=O)cc1. The summed E-state index contributed by atoms with van der Waals surface area (Å²) in [7, 11) is 1.57. The molecule has 0 atom stereocenters. The number of nitrogens with zero attached hydrogens (tertiary/aromatic N) is 2. The number of urea groups is 1. The van der Waals surface area contributed by atoms with Gasteiger partial charge in [-0.3, -0.25) is 9.69 Å². The van der Waals surface area contributed by atoms with Crippen LogP contribution in [-0.4, -0.2) is 63.3 Å². The highest BCUT2D eigenvalue weighted by Crippen LogP contribution is 2.23. The number of benzene rings is 1. The Morgan fingerprint density at radius 3 is 2.65 bits per heavy atom. The molecule has 0 spiro atoms. The summed E-state index contributed by atoms with van der Waals surface area (Å²) in [6.45, 7) is 4.59. The summed E-state index contributed by atoms with van der Waals surface area (Å²) in [5.41, 5.74) is 0.806. The zero-order valence-electron chi connectivity index (χ0n) is 13.6. The van der Waals surface area contributed by atoms with Gasteiger partial charge < -0.3 is 19.7 Å². The molecule has 1 N–H and O–H groups in total. The normalized spacial score (nSPS) is 14.3. The van der Waals surface area contributed by atoms with Gasteiger partial charge in [0.25, 0.3) is 0 Å². The highest BCUT2D eigenvalue weighted by Gasteiger charge is 2.30. The average Bonchev–Trinajstić information content (AvgIpc) is 2.90. The van der Waals surface area contributed by atoms with Crippen LogP contribution in [0.5, 0.6) is 5.75 Å². The van der Waals surface area contributed by atoms with Gasteiger partial charge in [0, 0.05) is 32.4 Å². The van der Waals surface area contributed by atoms with Gasteiger partial charge in [0.15, 0.2) is 0 Å². The van der Waals surface area contributed by atoms with E-state index in [-0.39, 0.29) is 18.5 Å². The van der Waals surface area contributed by atoms with Gasteiger partial charge in [0.2, 0.25) is 5.91 Å². The lowest BCUT2D eigenvalue weighted by molar-refractivity contribution is -0.121. The molecular formula is C16H23N3O4. The fraction of sp³-hybridized carbons (Fsp3) is 0.500. The molecule has 0 aromatic heterocycles. The van der Waals surface area contributed by atoms with Crippen LogP contribution in [0.15, 0.2) is 24.3 Å². The summed E-state index contributed by atoms with van der Waals surface area (Å²) in [6.07, 6.45) is 0. The highest BCUT2D eigenvalue weighted by molar-refractivity contribution is 5.96. The third kappa shape index (κ3) is 4.59. The summed E-state index contributed by atoms with van der Waals surface area (Å²) < 4.78 is 10.3. The fourth-order valence-corrected chi connectivity index (χ4v) is 2.38. The number of carbonyl (C=O) groups excluding carboxylic acids is 2. The standard InChI is InChI=1S/C16H23N3O4/c1-3-23-14-6-4-13(5-7-14)19-10-9-18(16(19)21)12-15(20)17-8-11-22-2/h4-7H,3,8-12H2,1-2H3,(H,17,20). The lowest BCUT2D eigenvalue weighted by atomic mass is 10.3. The molecule has 1 heterocycles. The number of amides is 3. The summed E-state index contributed by atoms with van der Waals surface area (Å²) in [5.74, 6) is 0.598. The van der Waals surface area contributed by atoms with E-state index in [4.69, 9.17) is 9.47 Å². The van der Waals surface area contributed by atoms with Crippen molar-refractivity contribution in [3.8, 4) is 5.75 Å². The van der Waals surface area contributed by atoms with Crippen LogP contribution in [0.25, 0.3) is 0 Å². The smallest absolute Gasteiger partial charge is 0.325 e. The second-order valence-corrected chi connectivity index (χ2v) is 5.13. The van der Waals surface area contributed by atoms with Crippen molar-refractivity contribution < 1.29 is 19.1 Å². The van der Waals surface area contributed by atoms with Crippen molar-refractivity contribution in [2.45, 2.75) is 6.92 Å². The van der Waals surface area contributed by atoms with Crippen LogP contribution in [0.1, 0.15) is 6.92 Å². The number of methoxy groups -OCH3 is 1. The molecule has 1 aliphatic heterocycles. The lowest BCUT2D eigenvalue weighted by Gasteiger charge is -2.18. The quantitative estimate of drug-likeness (QED) is 0.728. The minimum atomic E-state index is -0.177. The summed E-state index contributed by atoms with van der Waals surface area (Å²) in [5, 5.41) is 2.71. The number of anilines is 1. The van der Waals surface area contributed by atoms with Crippen LogP contribution in [0.4, 0.5) is 10.5 Å². The van der Waals surface area contributed by atoms with Gasteiger partial charge in [-0.1, -0.05) is 0 Å². The Hall–Kier alpha value is -2.28. The first-order chi connectivity index (χ1) is 11.2. The van der Waals surface area contributed by atoms with E-state index in [0.717, 1.165) is 11.4 Å². The van der Waals surface area contributed by atoms with Crippen molar-refractivity contribution in [1.82, 2.24) is 10.2 Å². The number of hydrogen-bond donors (Lipinski definition) is 1. The van der Waals surface area contributed by atoms with Gasteiger partial charge in [0.05, 0.1) is 13.2 Å². The second-order valence-electron chi connectivity index (χ2n) is 5.13. The van der Waals surface area contributed by atoms with Crippen LogP contribution in [-0.2, 0) is 9.53 Å². The van der Waals surface area contributed by atoms with Crippen molar-refractivity contribution in [2.75, 3.05) is 51.4 Å². The molecule has 126 valence electrons. The molecule has 1 saturated heterocycles. The van der Waals surface area contributed by atoms with E-state index in [1.165, 1.54) is 0 Å². The largest absolute Gasteiger partial charge is 0.494 e. The maximum absolute atomic E-state index is 12.4. The Morgan fingerprint density at radius 2 is 2.00 bits per heavy atom. The molecule has 0 bridgehead atoms. The van der Waals surface area contributed by atoms with Crippen molar-refractivity contribution in [2.24, 2.45) is 0 Å². The Kier molecular flexibility index (Phi) is 6.22. The molecule has 1 aliphatic rings. The first-order valence-corrected chi connectivity index (χ1v) is 7.70. The summed E-state index contributed by atoms with van der Waals surface area (Å²) >= 11 is 0. The van der Waals surface area contributed by atoms with E-state index in [1.807, 2.05) is 31.2 Å². The summed E-state index contributed by atoms with van der Waals surface area (Å²) in [4.78, 5) is 27.4. The topological polar surface area (TPSA) is 71.1 Å². The number of hydrogen-bond acceptors (Lipinski definition) is 4. The Labute approximate surface area is 136 Å². The molecule has 0 aliphatic carbocycles. The predicted molar refractivity (Wildman–Crippen MR) is 86.8 cm³/mol. The lowest BCUT2D eigenvalue weighted by Crippen LogP contribution is -2.40. The van der Waals surface area contributed by atoms with Crippen molar-refractivity contribution in [1.29, 1.82) is 0 Å². The van der Waals surface area contributed by atoms with Gasteiger partial charge in [-0.05, 0) is 31.2 Å². The maximum atomic E-state index is 12.4. The summed E-state index contributed by atoms with van der Waals surface area (Å²) in [6, 6.07) is 7.23. The third-order valence-corrected chi connectivity index (χ3v) is 3.52. The molecule has 23 heavy (non-hydrogen) atoms. The molecular weight excluding hydrogens is 298 g/mol. The molecule has 7 heteroatoms. The van der Waals surface area contributed by atoms with Crippen LogP contribution >= 0.6 is 0 Å². The van der Waals surface area contributed by atoms with E-state index >= 15 is 0 Å². The number of ether oxygens (including phenoxy) is 2. The number of nitrogens with one attached hydrogen (secondary N) is 1. The molecule has 3 amide bonds. The first-order valence-electron chi connectivity index (χ1n) is 7.70. The van der Waals surface area contributed by atoms with Crippen molar-refractivity contribution in [3.05, 3.63) is 24.3 Å². The first kappa shape index (κ1) is 17.1. The maximum Gasteiger partial charge on any atom is 0.325 e. The van der Waals surface area contributed by atoms with Gasteiger partial charge in [-0.15, -0.1) is 0 Å². The van der Waals surface area contributed by atoms with Gasteiger partial charge in [-0.25, -0.2) is 4.79 Å². The molecule has 0 radical (unpaired) electrons. The second kappa shape index (κ2) is 8.38. The third-order valence-electron chi connectivity index (χ3n) is 3.52. The average molecular weight is 321 g/mol. The van der Waals surface area contributed by atoms with Crippen molar-refractivity contribution in [3.63, 3.8) is 0 Å². The van der Waals surface area contributed by atoms with Crippen molar-refractivity contribution >= 4 is 17.6 Å². The Balaban J connectivity index is 1.89. The van der Waals surface area contributed by atoms with Crippen LogP contribution in [0.3, 0.4) is 0 Å².